The van der Waals surface area contributed by atoms with Crippen LogP contribution in [0.15, 0.2) is 12.2 Å². The van der Waals surface area contributed by atoms with Crippen LogP contribution in [0.25, 0.3) is 0 Å². The zero-order valence-corrected chi connectivity index (χ0v) is 14.1. The highest BCUT2D eigenvalue weighted by atomic mass is 127. The maximum absolute atomic E-state index is 11.0. The van der Waals surface area contributed by atoms with Gasteiger partial charge >= 0.3 is 5.97 Å². The van der Waals surface area contributed by atoms with Gasteiger partial charge in [0.25, 0.3) is 0 Å². The first-order valence-electron chi connectivity index (χ1n) is 4.65. The Labute approximate surface area is 115 Å². The quantitative estimate of drug-likeness (QED) is 0.153. The molecule has 0 saturated carbocycles. The number of esters is 1. The molecule has 0 aromatic rings. The Morgan fingerprint density at radius 3 is 2.64 bits per heavy atom. The number of halogens is 2. The monoisotopic (exact) mass is 438 g/mol. The summed E-state index contributed by atoms with van der Waals surface area (Å²) in [6.07, 6.45) is 2.18. The first-order chi connectivity index (χ1) is 6.54. The third kappa shape index (κ3) is 9.44. The molecule has 0 aromatic heterocycles. The SMILES string of the molecule is C=C(C)C(=O)OCCCC[SiH2]C(I)I. The zero-order valence-electron chi connectivity index (χ0n) is 8.39. The summed E-state index contributed by atoms with van der Waals surface area (Å²) in [6, 6.07) is 1.35. The molecule has 82 valence electrons. The molecular formula is C9H16I2O2Si. The molecule has 0 aromatic carbocycles. The molecule has 0 heterocycles. The van der Waals surface area contributed by atoms with E-state index in [1.807, 2.05) is 0 Å². The van der Waals surface area contributed by atoms with E-state index in [1.54, 1.807) is 6.92 Å². The van der Waals surface area contributed by atoms with Gasteiger partial charge in [-0.25, -0.2) is 4.79 Å². The van der Waals surface area contributed by atoms with Crippen LogP contribution in [-0.4, -0.2) is 23.7 Å². The molecule has 0 fully saturated rings. The molecule has 0 atom stereocenters. The van der Waals surface area contributed by atoms with E-state index >= 15 is 0 Å². The maximum Gasteiger partial charge on any atom is 0.333 e. The minimum atomic E-state index is -0.261. The van der Waals surface area contributed by atoms with Crippen molar-refractivity contribution >= 4 is 60.7 Å². The lowest BCUT2D eigenvalue weighted by molar-refractivity contribution is -0.139. The van der Waals surface area contributed by atoms with E-state index in [4.69, 9.17) is 4.74 Å². The standard InChI is InChI=1S/C9H16I2O2Si/c1-7(2)8(12)13-5-3-4-6-14-9(10)11/h9H,1,3-6,14H2,2H3. The molecule has 14 heavy (non-hydrogen) atoms. The fourth-order valence-corrected chi connectivity index (χ4v) is 4.46. The average molecular weight is 438 g/mol. The van der Waals surface area contributed by atoms with Crippen molar-refractivity contribution in [2.24, 2.45) is 0 Å². The number of hydrogen-bond acceptors (Lipinski definition) is 2. The largest absolute Gasteiger partial charge is 0.462 e. The molecule has 0 aliphatic heterocycles. The van der Waals surface area contributed by atoms with Gasteiger partial charge in [-0.2, -0.15) is 0 Å². The summed E-state index contributed by atoms with van der Waals surface area (Å²) in [5.74, 6) is -0.261. The second-order valence-corrected chi connectivity index (χ2v) is 14.0. The van der Waals surface area contributed by atoms with Crippen LogP contribution in [0.1, 0.15) is 19.8 Å². The van der Waals surface area contributed by atoms with Gasteiger partial charge < -0.3 is 4.74 Å². The Hall–Kier alpha value is 0.887. The lowest BCUT2D eigenvalue weighted by Crippen LogP contribution is -2.06. The summed E-state index contributed by atoms with van der Waals surface area (Å²) in [5, 5.41) is 0. The molecule has 0 amide bonds. The Morgan fingerprint density at radius 1 is 1.50 bits per heavy atom. The molecule has 0 unspecified atom stereocenters. The van der Waals surface area contributed by atoms with Crippen molar-refractivity contribution in [3.63, 3.8) is 0 Å². The van der Waals surface area contributed by atoms with Crippen LogP contribution in [0.2, 0.25) is 6.04 Å². The summed E-state index contributed by atoms with van der Waals surface area (Å²) in [5.41, 5.74) is 0.485. The summed E-state index contributed by atoms with van der Waals surface area (Å²) in [7, 11) is 0.0984. The molecule has 0 aliphatic rings. The maximum atomic E-state index is 11.0. The van der Waals surface area contributed by atoms with E-state index in [0.29, 0.717) is 12.2 Å². The van der Waals surface area contributed by atoms with Crippen LogP contribution in [0.4, 0.5) is 0 Å². The Morgan fingerprint density at radius 2 is 2.14 bits per heavy atom. The van der Waals surface area contributed by atoms with Crippen LogP contribution in [-0.2, 0) is 9.53 Å². The molecule has 0 radical (unpaired) electrons. The number of carbonyl (C=O) groups is 1. The van der Waals surface area contributed by atoms with Gasteiger partial charge in [-0.1, -0.05) is 64.2 Å². The van der Waals surface area contributed by atoms with Gasteiger partial charge in [0.1, 0.15) is 0 Å². The molecule has 0 aliphatic carbocycles. The fourth-order valence-electron chi connectivity index (χ4n) is 0.866. The van der Waals surface area contributed by atoms with Crippen molar-refractivity contribution in [3.05, 3.63) is 12.2 Å². The number of rotatable bonds is 7. The summed E-state index contributed by atoms with van der Waals surface area (Å²) in [6.45, 7) is 5.75. The lowest BCUT2D eigenvalue weighted by Gasteiger charge is -2.04. The van der Waals surface area contributed by atoms with Gasteiger partial charge in [0.2, 0.25) is 0 Å². The minimum absolute atomic E-state index is 0.0984. The Balaban J connectivity index is 3.22. The Bertz CT molecular complexity index is 195. The molecule has 0 saturated heterocycles. The molecule has 5 heteroatoms. The Kier molecular flexibility index (Phi) is 9.72. The van der Waals surface area contributed by atoms with Gasteiger partial charge in [0, 0.05) is 16.6 Å². The van der Waals surface area contributed by atoms with Crippen molar-refractivity contribution in [2.45, 2.75) is 27.4 Å². The van der Waals surface area contributed by atoms with Crippen LogP contribution < -0.4 is 0 Å². The second kappa shape index (κ2) is 9.14. The number of alkyl halides is 2. The van der Waals surface area contributed by atoms with Crippen molar-refractivity contribution in [3.8, 4) is 0 Å². The number of unbranched alkanes of at least 4 members (excludes halogenated alkanes) is 1. The summed E-state index contributed by atoms with van der Waals surface area (Å²) >= 11 is 4.95. The van der Waals surface area contributed by atoms with Crippen molar-refractivity contribution in [1.82, 2.24) is 0 Å². The second-order valence-electron chi connectivity index (χ2n) is 3.16. The van der Waals surface area contributed by atoms with Crippen molar-refractivity contribution in [1.29, 1.82) is 0 Å². The number of carbonyl (C=O) groups excluding carboxylic acids is 1. The highest BCUT2D eigenvalue weighted by molar-refractivity contribution is 14.2. The molecule has 0 bridgehead atoms. The van der Waals surface area contributed by atoms with Crippen molar-refractivity contribution < 1.29 is 9.53 Å². The topological polar surface area (TPSA) is 26.3 Å². The predicted molar refractivity (Wildman–Crippen MR) is 80.2 cm³/mol. The highest BCUT2D eigenvalue weighted by Crippen LogP contribution is 2.10. The van der Waals surface area contributed by atoms with E-state index in [0.717, 1.165) is 7.98 Å². The summed E-state index contributed by atoms with van der Waals surface area (Å²) in [4.78, 5) is 11.0. The fraction of sp³-hybridized carbons (Fsp3) is 0.667. The number of hydrogen-bond donors (Lipinski definition) is 0. The lowest BCUT2D eigenvalue weighted by atomic mass is 10.3. The van der Waals surface area contributed by atoms with Gasteiger partial charge in [-0.3, -0.25) is 0 Å². The van der Waals surface area contributed by atoms with Crippen LogP contribution in [0.3, 0.4) is 0 Å². The average Bonchev–Trinajstić information content (AvgIpc) is 2.09. The van der Waals surface area contributed by atoms with Crippen molar-refractivity contribution in [2.75, 3.05) is 6.61 Å². The summed E-state index contributed by atoms with van der Waals surface area (Å²) < 4.78 is 5.83. The van der Waals surface area contributed by atoms with Gasteiger partial charge in [0.15, 0.2) is 0 Å². The van der Waals surface area contributed by atoms with Gasteiger partial charge in [-0.15, -0.1) is 0 Å². The van der Waals surface area contributed by atoms with Crippen LogP contribution in [0, 0.1) is 0 Å². The van der Waals surface area contributed by atoms with E-state index in [2.05, 4.69) is 51.8 Å². The third-order valence-corrected chi connectivity index (χ3v) is 6.73. The van der Waals surface area contributed by atoms with Gasteiger partial charge in [0.05, 0.1) is 6.61 Å². The molecule has 2 nitrogen and oxygen atoms in total. The molecule has 0 rings (SSSR count). The minimum Gasteiger partial charge on any atom is -0.462 e. The van der Waals surface area contributed by atoms with E-state index < -0.39 is 0 Å². The third-order valence-electron chi connectivity index (χ3n) is 1.65. The van der Waals surface area contributed by atoms with Gasteiger partial charge in [-0.05, 0) is 13.3 Å². The van der Waals surface area contributed by atoms with E-state index in [-0.39, 0.29) is 15.5 Å². The smallest absolute Gasteiger partial charge is 0.333 e. The molecule has 0 spiro atoms. The van der Waals surface area contributed by atoms with Crippen LogP contribution >= 0.6 is 45.2 Å². The first kappa shape index (κ1) is 14.9. The highest BCUT2D eigenvalue weighted by Gasteiger charge is 2.02. The molecule has 0 N–H and O–H groups in total. The van der Waals surface area contributed by atoms with E-state index in [1.165, 1.54) is 12.5 Å². The predicted octanol–water partition coefficient (Wildman–Crippen LogP) is 2.63. The zero-order chi connectivity index (χ0) is 11.0. The van der Waals surface area contributed by atoms with E-state index in [9.17, 15) is 4.79 Å². The van der Waals surface area contributed by atoms with Crippen LogP contribution in [0.5, 0.6) is 0 Å². The first-order valence-corrected chi connectivity index (χ1v) is 8.95. The number of ether oxygens (including phenoxy) is 1. The molecular weight excluding hydrogens is 422 g/mol. The normalized spacial score (nSPS) is 11.1.